The molecular weight excluding hydrogens is 527 g/mol. The highest BCUT2D eigenvalue weighted by molar-refractivity contribution is 6.30. The summed E-state index contributed by atoms with van der Waals surface area (Å²) in [6, 6.07) is 2.96. The van der Waals surface area contributed by atoms with Gasteiger partial charge in [0.25, 0.3) is 0 Å². The highest BCUT2D eigenvalue weighted by Gasteiger charge is 2.57. The van der Waals surface area contributed by atoms with Gasteiger partial charge in [-0.3, -0.25) is 4.79 Å². The van der Waals surface area contributed by atoms with E-state index in [0.29, 0.717) is 0 Å². The van der Waals surface area contributed by atoms with Gasteiger partial charge in [0.05, 0.1) is 16.1 Å². The first-order valence-corrected chi connectivity index (χ1v) is 11.0. The van der Waals surface area contributed by atoms with Gasteiger partial charge in [-0.25, -0.2) is 15.0 Å². The van der Waals surface area contributed by atoms with Crippen LogP contribution in [0.15, 0.2) is 22.9 Å². The number of hydrogen-bond donors (Lipinski definition) is 2. The fourth-order valence-electron chi connectivity index (χ4n) is 4.10. The van der Waals surface area contributed by atoms with Crippen LogP contribution in [0.1, 0.15) is 36.4 Å². The van der Waals surface area contributed by atoms with E-state index in [1.54, 1.807) is 6.92 Å². The van der Waals surface area contributed by atoms with Crippen molar-refractivity contribution in [2.45, 2.75) is 44.2 Å². The van der Waals surface area contributed by atoms with Gasteiger partial charge in [0, 0.05) is 26.0 Å². The molecule has 37 heavy (non-hydrogen) atoms. The lowest BCUT2D eigenvalue weighted by molar-refractivity contribution is -0.284. The zero-order valence-electron chi connectivity index (χ0n) is 19.0. The third-order valence-electron chi connectivity index (χ3n) is 6.06. The maximum absolute atomic E-state index is 13.6. The van der Waals surface area contributed by atoms with Crippen LogP contribution in [-0.2, 0) is 16.6 Å². The van der Waals surface area contributed by atoms with E-state index in [1.165, 1.54) is 29.7 Å². The minimum absolute atomic E-state index is 0.0368. The molecule has 0 saturated heterocycles. The molecule has 1 atom stereocenters. The number of pyridine rings is 1. The highest BCUT2D eigenvalue weighted by Crippen LogP contribution is 2.44. The Kier molecular flexibility index (Phi) is 5.40. The largest absolute Gasteiger partial charge is 0.453 e. The van der Waals surface area contributed by atoms with Gasteiger partial charge in [0.1, 0.15) is 28.6 Å². The van der Waals surface area contributed by atoms with E-state index < -0.39 is 36.3 Å². The van der Waals surface area contributed by atoms with Gasteiger partial charge in [-0.05, 0) is 19.1 Å². The number of nitrogens with zero attached hydrogens (tertiary/aromatic N) is 6. The van der Waals surface area contributed by atoms with Gasteiger partial charge in [-0.1, -0.05) is 16.8 Å². The summed E-state index contributed by atoms with van der Waals surface area (Å²) in [5.74, 6) is -5.51. The van der Waals surface area contributed by atoms with Crippen molar-refractivity contribution in [1.29, 1.82) is 0 Å². The van der Waals surface area contributed by atoms with Crippen molar-refractivity contribution in [3.63, 3.8) is 0 Å². The molecule has 0 spiro atoms. The number of alkyl halides is 5. The number of rotatable bonds is 5. The Morgan fingerprint density at radius 3 is 2.54 bits per heavy atom. The third kappa shape index (κ3) is 3.84. The topological polar surface area (TPSA) is 137 Å². The number of aromatic nitrogens is 6. The van der Waals surface area contributed by atoms with Crippen molar-refractivity contribution in [1.82, 2.24) is 29.5 Å². The first-order chi connectivity index (χ1) is 17.2. The van der Waals surface area contributed by atoms with Crippen molar-refractivity contribution in [3.8, 4) is 11.5 Å². The van der Waals surface area contributed by atoms with E-state index in [9.17, 15) is 26.7 Å². The molecule has 1 amide bonds. The molecule has 0 bridgehead atoms. The maximum atomic E-state index is 13.6. The lowest BCUT2D eigenvalue weighted by Crippen LogP contribution is -2.36. The predicted molar refractivity (Wildman–Crippen MR) is 119 cm³/mol. The first kappa shape index (κ1) is 24.8. The van der Waals surface area contributed by atoms with Crippen molar-refractivity contribution in [2.24, 2.45) is 0 Å². The Morgan fingerprint density at radius 2 is 1.89 bits per heavy atom. The van der Waals surface area contributed by atoms with Crippen LogP contribution in [-0.4, -0.2) is 47.5 Å². The number of fused-ring (bicyclic) bond motifs is 2. The number of hydrogen-bond acceptors (Lipinski definition) is 8. The number of carbonyl (C=O) groups excluding carboxylic acids is 1. The molecule has 1 unspecified atom stereocenters. The predicted octanol–water partition coefficient (Wildman–Crippen LogP) is 4.11. The smallest absolute Gasteiger partial charge is 0.383 e. The number of imidazole rings is 1. The summed E-state index contributed by atoms with van der Waals surface area (Å²) in [5.41, 5.74) is 5.26. The number of aryl methyl sites for hydroxylation is 2. The molecule has 1 aliphatic heterocycles. The Bertz CT molecular complexity index is 1570. The Hall–Kier alpha value is -3.88. The second-order valence-corrected chi connectivity index (χ2v) is 8.99. The standard InChI is InChI=1S/C21H16ClF5N8O2/c1-8-29-17(34-37-8)19(2)12-14(28)31-16(32-15(12)33-18(19)36)13-10-4-3-9(22)7-35(10)11(30-13)5-6-20(23,24)21(25,26)27/h3-4,7H,5-6H2,1-2H3,(H3,28,31,32,33,36). The molecule has 0 radical (unpaired) electrons. The van der Waals surface area contributed by atoms with E-state index in [1.807, 2.05) is 0 Å². The number of carbonyl (C=O) groups is 1. The van der Waals surface area contributed by atoms with Crippen LogP contribution in [0.25, 0.3) is 17.0 Å². The maximum Gasteiger partial charge on any atom is 0.453 e. The molecule has 3 N–H and O–H groups in total. The lowest BCUT2D eigenvalue weighted by atomic mass is 9.83. The summed E-state index contributed by atoms with van der Waals surface area (Å²) in [7, 11) is 0. The molecule has 0 fully saturated rings. The normalized spacial score (nSPS) is 17.9. The number of anilines is 2. The van der Waals surface area contributed by atoms with E-state index in [4.69, 9.17) is 21.9 Å². The molecule has 4 aromatic rings. The van der Waals surface area contributed by atoms with Gasteiger partial charge in [-0.2, -0.15) is 26.9 Å². The molecule has 1 aliphatic rings. The quantitative estimate of drug-likeness (QED) is 0.360. The molecule has 5 heterocycles. The monoisotopic (exact) mass is 542 g/mol. The van der Waals surface area contributed by atoms with Gasteiger partial charge >= 0.3 is 12.1 Å². The van der Waals surface area contributed by atoms with Crippen molar-refractivity contribution in [2.75, 3.05) is 11.1 Å². The minimum Gasteiger partial charge on any atom is -0.383 e. The van der Waals surface area contributed by atoms with E-state index >= 15 is 0 Å². The summed E-state index contributed by atoms with van der Waals surface area (Å²) in [6.45, 7) is 3.07. The second-order valence-electron chi connectivity index (χ2n) is 8.55. The molecular formula is C21H16ClF5N8O2. The number of amides is 1. The van der Waals surface area contributed by atoms with Crippen LogP contribution in [0.3, 0.4) is 0 Å². The van der Waals surface area contributed by atoms with Gasteiger partial charge in [-0.15, -0.1) is 0 Å². The molecule has 5 rings (SSSR count). The number of nitrogen functional groups attached to an aromatic ring is 1. The van der Waals surface area contributed by atoms with Crippen molar-refractivity contribution < 1.29 is 31.3 Å². The lowest BCUT2D eigenvalue weighted by Gasteiger charge is -2.18. The van der Waals surface area contributed by atoms with Gasteiger partial charge in [0.15, 0.2) is 11.6 Å². The molecule has 194 valence electrons. The third-order valence-corrected chi connectivity index (χ3v) is 6.28. The average molecular weight is 543 g/mol. The average Bonchev–Trinajstić information content (AvgIpc) is 3.46. The first-order valence-electron chi connectivity index (χ1n) is 10.6. The summed E-state index contributed by atoms with van der Waals surface area (Å²) in [6.07, 6.45) is -6.66. The zero-order chi connectivity index (χ0) is 26.9. The molecule has 0 aliphatic carbocycles. The van der Waals surface area contributed by atoms with Crippen LogP contribution in [0.2, 0.25) is 5.02 Å². The SMILES string of the molecule is Cc1nc(C2(C)C(=O)Nc3nc(-c4nc(CCC(F)(F)C(F)(F)F)n5cc(Cl)ccc45)nc(N)c32)no1. The van der Waals surface area contributed by atoms with E-state index in [-0.39, 0.29) is 56.8 Å². The molecule has 0 aromatic carbocycles. The van der Waals surface area contributed by atoms with Crippen LogP contribution in [0.4, 0.5) is 33.6 Å². The Labute approximate surface area is 209 Å². The van der Waals surface area contributed by atoms with Gasteiger partial charge in [0.2, 0.25) is 11.8 Å². The molecule has 10 nitrogen and oxygen atoms in total. The molecule has 0 saturated carbocycles. The van der Waals surface area contributed by atoms with Crippen molar-refractivity contribution >= 4 is 34.7 Å². The molecule has 4 aromatic heterocycles. The zero-order valence-corrected chi connectivity index (χ0v) is 19.7. The van der Waals surface area contributed by atoms with Crippen LogP contribution in [0.5, 0.6) is 0 Å². The highest BCUT2D eigenvalue weighted by atomic mass is 35.5. The van der Waals surface area contributed by atoms with Gasteiger partial charge < -0.3 is 20.0 Å². The minimum atomic E-state index is -5.71. The number of nitrogens with two attached hydrogens (primary N) is 1. The Balaban J connectivity index is 1.60. The fourth-order valence-corrected chi connectivity index (χ4v) is 4.26. The van der Waals surface area contributed by atoms with Crippen LogP contribution in [0, 0.1) is 6.92 Å². The van der Waals surface area contributed by atoms with Crippen molar-refractivity contribution in [3.05, 3.63) is 46.5 Å². The Morgan fingerprint density at radius 1 is 1.16 bits per heavy atom. The van der Waals surface area contributed by atoms with Crippen LogP contribution < -0.4 is 11.1 Å². The summed E-state index contributed by atoms with van der Waals surface area (Å²) in [5, 5.41) is 6.61. The van der Waals surface area contributed by atoms with E-state index in [2.05, 4.69) is 30.4 Å². The fraction of sp³-hybridized carbons (Fsp3) is 0.333. The summed E-state index contributed by atoms with van der Waals surface area (Å²) < 4.78 is 71.5. The molecule has 16 heteroatoms. The van der Waals surface area contributed by atoms with Crippen LogP contribution >= 0.6 is 11.6 Å². The summed E-state index contributed by atoms with van der Waals surface area (Å²) in [4.78, 5) is 29.9. The summed E-state index contributed by atoms with van der Waals surface area (Å²) >= 11 is 6.02. The number of halogens is 6. The number of nitrogens with one attached hydrogen (secondary N) is 1. The van der Waals surface area contributed by atoms with E-state index in [0.717, 1.165) is 0 Å². The second kappa shape index (κ2) is 8.06.